The molecule has 1 amide bonds. The van der Waals surface area contributed by atoms with Gasteiger partial charge in [0, 0.05) is 21.4 Å². The first-order chi connectivity index (χ1) is 10.8. The van der Waals surface area contributed by atoms with E-state index in [4.69, 9.17) is 33.7 Å². The number of anilines is 2. The highest BCUT2D eigenvalue weighted by molar-refractivity contribution is 6.35. The lowest BCUT2D eigenvalue weighted by Crippen LogP contribution is -2.30. The third kappa shape index (κ3) is 4.87. The van der Waals surface area contributed by atoms with Crippen LogP contribution in [0, 0.1) is 0 Å². The predicted molar refractivity (Wildman–Crippen MR) is 90.8 cm³/mol. The zero-order valence-electron chi connectivity index (χ0n) is 12.2. The molecule has 1 atom stereocenters. The number of hydrogen-bond donors (Lipinski definition) is 2. The van der Waals surface area contributed by atoms with Crippen LogP contribution in [0.25, 0.3) is 0 Å². The van der Waals surface area contributed by atoms with Crippen LogP contribution >= 0.6 is 23.2 Å². The second kappa shape index (κ2) is 7.35. The van der Waals surface area contributed by atoms with Crippen molar-refractivity contribution in [2.45, 2.75) is 13.0 Å². The Morgan fingerprint density at radius 3 is 2.22 bits per heavy atom. The Kier molecular flexibility index (Phi) is 5.47. The number of carbonyl (C=O) groups excluding carboxylic acids is 2. The summed E-state index contributed by atoms with van der Waals surface area (Å²) in [6.45, 7) is 1.47. The minimum absolute atomic E-state index is 0.310. The highest BCUT2D eigenvalue weighted by atomic mass is 35.5. The molecule has 0 heterocycles. The van der Waals surface area contributed by atoms with Gasteiger partial charge in [-0.15, -0.1) is 0 Å². The number of carbonyl (C=O) groups is 2. The molecule has 0 aromatic heterocycles. The first kappa shape index (κ1) is 17.1. The van der Waals surface area contributed by atoms with Crippen LogP contribution in [0.4, 0.5) is 11.4 Å². The van der Waals surface area contributed by atoms with Gasteiger partial charge in [0.1, 0.15) is 0 Å². The van der Waals surface area contributed by atoms with E-state index in [0.29, 0.717) is 27.0 Å². The van der Waals surface area contributed by atoms with Crippen molar-refractivity contribution < 1.29 is 14.3 Å². The second-order valence-corrected chi connectivity index (χ2v) is 5.69. The number of esters is 1. The van der Waals surface area contributed by atoms with Crippen LogP contribution in [0.1, 0.15) is 17.3 Å². The van der Waals surface area contributed by atoms with Gasteiger partial charge in [-0.2, -0.15) is 0 Å². The lowest BCUT2D eigenvalue weighted by Gasteiger charge is -2.14. The highest BCUT2D eigenvalue weighted by Crippen LogP contribution is 2.22. The van der Waals surface area contributed by atoms with Gasteiger partial charge in [-0.3, -0.25) is 4.79 Å². The standard InChI is InChI=1S/C16H14Cl2N2O3/c1-9(23-16(22)10-2-4-13(19)5-3-10)15(21)20-14-7-11(17)6-12(18)8-14/h2-9H,19H2,1H3,(H,20,21)/t9-/m0/s1. The molecule has 7 heteroatoms. The number of halogens is 2. The average Bonchev–Trinajstić information content (AvgIpc) is 2.46. The van der Waals surface area contributed by atoms with E-state index in [0.717, 1.165) is 0 Å². The molecule has 0 aliphatic rings. The van der Waals surface area contributed by atoms with Gasteiger partial charge in [0.25, 0.3) is 5.91 Å². The monoisotopic (exact) mass is 352 g/mol. The molecule has 120 valence electrons. The van der Waals surface area contributed by atoms with E-state index < -0.39 is 18.0 Å². The number of ether oxygens (including phenoxy) is 1. The second-order valence-electron chi connectivity index (χ2n) is 4.82. The van der Waals surface area contributed by atoms with E-state index in [-0.39, 0.29) is 0 Å². The molecule has 0 unspecified atom stereocenters. The van der Waals surface area contributed by atoms with E-state index >= 15 is 0 Å². The third-order valence-electron chi connectivity index (χ3n) is 2.93. The molecule has 3 N–H and O–H groups in total. The largest absolute Gasteiger partial charge is 0.449 e. The van der Waals surface area contributed by atoms with Gasteiger partial charge in [0.15, 0.2) is 6.10 Å². The first-order valence-electron chi connectivity index (χ1n) is 6.68. The Morgan fingerprint density at radius 1 is 1.09 bits per heavy atom. The topological polar surface area (TPSA) is 81.4 Å². The smallest absolute Gasteiger partial charge is 0.338 e. The summed E-state index contributed by atoms with van der Waals surface area (Å²) in [6.07, 6.45) is -0.988. The number of hydrogen-bond acceptors (Lipinski definition) is 4. The number of benzene rings is 2. The molecule has 0 aliphatic carbocycles. The summed E-state index contributed by atoms with van der Waals surface area (Å²) < 4.78 is 5.11. The van der Waals surface area contributed by atoms with E-state index in [1.165, 1.54) is 19.1 Å². The molecule has 23 heavy (non-hydrogen) atoms. The van der Waals surface area contributed by atoms with E-state index in [9.17, 15) is 9.59 Å². The molecule has 5 nitrogen and oxygen atoms in total. The Bertz CT molecular complexity index is 712. The minimum atomic E-state index is -0.988. The summed E-state index contributed by atoms with van der Waals surface area (Å²) in [6, 6.07) is 10.8. The number of nitrogens with two attached hydrogens (primary N) is 1. The van der Waals surface area contributed by atoms with Crippen molar-refractivity contribution in [3.63, 3.8) is 0 Å². The van der Waals surface area contributed by atoms with Crippen LogP contribution in [0.15, 0.2) is 42.5 Å². The van der Waals surface area contributed by atoms with Gasteiger partial charge in [0.2, 0.25) is 0 Å². The zero-order valence-corrected chi connectivity index (χ0v) is 13.7. The first-order valence-corrected chi connectivity index (χ1v) is 7.44. The Balaban J connectivity index is 1.99. The molecular weight excluding hydrogens is 339 g/mol. The number of nitrogen functional groups attached to an aromatic ring is 1. The maximum absolute atomic E-state index is 12.1. The van der Waals surface area contributed by atoms with Crippen molar-refractivity contribution in [1.29, 1.82) is 0 Å². The van der Waals surface area contributed by atoms with Crippen molar-refractivity contribution in [3.8, 4) is 0 Å². The summed E-state index contributed by atoms with van der Waals surface area (Å²) in [5.41, 5.74) is 6.81. The van der Waals surface area contributed by atoms with Crippen LogP contribution in [0.2, 0.25) is 10.0 Å². The molecule has 2 rings (SSSR count). The molecule has 2 aromatic rings. The van der Waals surface area contributed by atoms with Gasteiger partial charge in [-0.05, 0) is 49.4 Å². The normalized spacial score (nSPS) is 11.6. The SMILES string of the molecule is C[C@H](OC(=O)c1ccc(N)cc1)C(=O)Nc1cc(Cl)cc(Cl)c1. The lowest BCUT2D eigenvalue weighted by molar-refractivity contribution is -0.123. The fraction of sp³-hybridized carbons (Fsp3) is 0.125. The maximum atomic E-state index is 12.1. The van der Waals surface area contributed by atoms with Crippen LogP contribution in [0.3, 0.4) is 0 Å². The molecule has 0 saturated heterocycles. The molecule has 0 saturated carbocycles. The van der Waals surface area contributed by atoms with E-state index in [1.807, 2.05) is 0 Å². The Labute approximate surface area is 143 Å². The summed E-state index contributed by atoms with van der Waals surface area (Å²) in [5.74, 6) is -1.11. The van der Waals surface area contributed by atoms with Crippen molar-refractivity contribution in [2.75, 3.05) is 11.1 Å². The molecule has 0 aliphatic heterocycles. The van der Waals surface area contributed by atoms with E-state index in [1.54, 1.807) is 30.3 Å². The van der Waals surface area contributed by atoms with Crippen molar-refractivity contribution in [3.05, 3.63) is 58.1 Å². The summed E-state index contributed by atoms with van der Waals surface area (Å²) in [4.78, 5) is 24.0. The van der Waals surface area contributed by atoms with Gasteiger partial charge < -0.3 is 15.8 Å². The Hall–Kier alpha value is -2.24. The Morgan fingerprint density at radius 2 is 1.65 bits per heavy atom. The van der Waals surface area contributed by atoms with Crippen molar-refractivity contribution in [1.82, 2.24) is 0 Å². The van der Waals surface area contributed by atoms with E-state index in [2.05, 4.69) is 5.32 Å². The number of nitrogens with one attached hydrogen (secondary N) is 1. The number of rotatable bonds is 4. The fourth-order valence-corrected chi connectivity index (χ4v) is 2.30. The molecule has 0 spiro atoms. The molecular formula is C16H14Cl2N2O3. The quantitative estimate of drug-likeness (QED) is 0.648. The molecule has 0 bridgehead atoms. The van der Waals surface area contributed by atoms with Crippen molar-refractivity contribution >= 4 is 46.5 Å². The predicted octanol–water partition coefficient (Wildman–Crippen LogP) is 3.76. The third-order valence-corrected chi connectivity index (χ3v) is 3.37. The zero-order chi connectivity index (χ0) is 17.0. The summed E-state index contributed by atoms with van der Waals surface area (Å²) >= 11 is 11.7. The molecule has 0 fully saturated rings. The van der Waals surface area contributed by atoms with Crippen LogP contribution < -0.4 is 11.1 Å². The van der Waals surface area contributed by atoms with Crippen LogP contribution in [0.5, 0.6) is 0 Å². The van der Waals surface area contributed by atoms with Gasteiger partial charge in [-0.1, -0.05) is 23.2 Å². The fourth-order valence-electron chi connectivity index (χ4n) is 1.77. The highest BCUT2D eigenvalue weighted by Gasteiger charge is 2.19. The summed E-state index contributed by atoms with van der Waals surface area (Å²) in [7, 11) is 0. The average molecular weight is 353 g/mol. The van der Waals surface area contributed by atoms with Gasteiger partial charge in [0.05, 0.1) is 5.56 Å². The summed E-state index contributed by atoms with van der Waals surface area (Å²) in [5, 5.41) is 3.36. The number of amides is 1. The van der Waals surface area contributed by atoms with Crippen LogP contribution in [-0.4, -0.2) is 18.0 Å². The van der Waals surface area contributed by atoms with Gasteiger partial charge in [-0.25, -0.2) is 4.79 Å². The van der Waals surface area contributed by atoms with Gasteiger partial charge >= 0.3 is 5.97 Å². The maximum Gasteiger partial charge on any atom is 0.338 e. The van der Waals surface area contributed by atoms with Crippen LogP contribution in [-0.2, 0) is 9.53 Å². The van der Waals surface area contributed by atoms with Crippen molar-refractivity contribution in [2.24, 2.45) is 0 Å². The minimum Gasteiger partial charge on any atom is -0.449 e. The molecule has 0 radical (unpaired) electrons. The lowest BCUT2D eigenvalue weighted by atomic mass is 10.2. The molecule has 2 aromatic carbocycles.